The number of carbonyl (C=O) groups excluding carboxylic acids is 2. The third-order valence-corrected chi connectivity index (χ3v) is 6.74. The van der Waals surface area contributed by atoms with Crippen molar-refractivity contribution in [3.05, 3.63) is 39.9 Å². The number of amides is 2. The molecule has 0 radical (unpaired) electrons. The summed E-state index contributed by atoms with van der Waals surface area (Å²) in [5, 5.41) is 10.4. The number of benzene rings is 1. The van der Waals surface area contributed by atoms with E-state index in [0.29, 0.717) is 55.6 Å². The zero-order valence-corrected chi connectivity index (χ0v) is 19.6. The number of hydrogen-bond acceptors (Lipinski definition) is 4. The van der Waals surface area contributed by atoms with Gasteiger partial charge in [-0.05, 0) is 49.6 Å². The van der Waals surface area contributed by atoms with Crippen molar-refractivity contribution in [2.75, 3.05) is 45.8 Å². The second-order valence-electron chi connectivity index (χ2n) is 8.34. The summed E-state index contributed by atoms with van der Waals surface area (Å²) in [6.07, 6.45) is 3.63. The molecular formula is C23H30Cl2FN3O3. The lowest BCUT2D eigenvalue weighted by atomic mass is 10.1. The van der Waals surface area contributed by atoms with Crippen LogP contribution in [0.5, 0.6) is 0 Å². The molecular weight excluding hydrogens is 456 g/mol. The summed E-state index contributed by atoms with van der Waals surface area (Å²) >= 11 is 11.9. The molecule has 0 saturated carbocycles. The number of likely N-dealkylation sites (tertiary alicyclic amines) is 1. The van der Waals surface area contributed by atoms with Crippen molar-refractivity contribution in [2.45, 2.75) is 38.0 Å². The summed E-state index contributed by atoms with van der Waals surface area (Å²) in [5.74, 6) is -0.0857. The van der Waals surface area contributed by atoms with Crippen molar-refractivity contribution >= 4 is 41.1 Å². The molecule has 2 atom stereocenters. The molecule has 0 unspecified atom stereocenters. The van der Waals surface area contributed by atoms with Crippen molar-refractivity contribution in [1.82, 2.24) is 14.7 Å². The molecule has 6 nitrogen and oxygen atoms in total. The normalized spacial score (nSPS) is 23.1. The quantitative estimate of drug-likeness (QED) is 0.475. The Kier molecular flexibility index (Phi) is 9.34. The van der Waals surface area contributed by atoms with Crippen LogP contribution in [0.2, 0.25) is 10.0 Å². The first-order valence-electron chi connectivity index (χ1n) is 11.1. The van der Waals surface area contributed by atoms with E-state index in [1.54, 1.807) is 29.2 Å². The van der Waals surface area contributed by atoms with Gasteiger partial charge in [0.1, 0.15) is 6.17 Å². The maximum atomic E-state index is 13.6. The van der Waals surface area contributed by atoms with E-state index in [0.717, 1.165) is 24.9 Å². The van der Waals surface area contributed by atoms with Gasteiger partial charge >= 0.3 is 0 Å². The van der Waals surface area contributed by atoms with Gasteiger partial charge in [-0.25, -0.2) is 4.39 Å². The Hall–Kier alpha value is -1.67. The second kappa shape index (κ2) is 12.0. The molecule has 1 aromatic carbocycles. The number of nitrogens with zero attached hydrogens (tertiary/aromatic N) is 3. The summed E-state index contributed by atoms with van der Waals surface area (Å²) in [5.41, 5.74) is 0.780. The highest BCUT2D eigenvalue weighted by atomic mass is 35.5. The number of halogens is 3. The molecule has 2 heterocycles. The fraction of sp³-hybridized carbons (Fsp3) is 0.565. The zero-order chi connectivity index (χ0) is 23.1. The molecule has 0 bridgehead atoms. The molecule has 2 fully saturated rings. The third-order valence-electron chi connectivity index (χ3n) is 6.01. The van der Waals surface area contributed by atoms with Gasteiger partial charge in [0.15, 0.2) is 0 Å². The van der Waals surface area contributed by atoms with E-state index in [9.17, 15) is 19.1 Å². The Labute approximate surface area is 198 Å². The van der Waals surface area contributed by atoms with Crippen molar-refractivity contribution < 1.29 is 19.1 Å². The first kappa shape index (κ1) is 25.0. The SMILES string of the molecule is O=C(/C=C/c1ccc(Cl)c(Cl)c1)N1CCC(=O)N(CCCCN2CC[C@@H](O)[C@@H](F)C2)CC1. The van der Waals surface area contributed by atoms with Gasteiger partial charge in [-0.3, -0.25) is 9.59 Å². The van der Waals surface area contributed by atoms with Gasteiger partial charge in [-0.1, -0.05) is 29.3 Å². The van der Waals surface area contributed by atoms with E-state index < -0.39 is 12.3 Å². The summed E-state index contributed by atoms with van der Waals surface area (Å²) in [6.45, 7) is 3.77. The number of unbranched alkanes of at least 4 members (excludes halogenated alkanes) is 1. The fourth-order valence-corrected chi connectivity index (χ4v) is 4.32. The Bertz CT molecular complexity index is 839. The van der Waals surface area contributed by atoms with Gasteiger partial charge in [0, 0.05) is 51.8 Å². The fourth-order valence-electron chi connectivity index (χ4n) is 4.01. The van der Waals surface area contributed by atoms with Crippen LogP contribution in [0.1, 0.15) is 31.2 Å². The van der Waals surface area contributed by atoms with Crippen LogP contribution in [-0.2, 0) is 9.59 Å². The van der Waals surface area contributed by atoms with E-state index in [-0.39, 0.29) is 18.4 Å². The Morgan fingerprint density at radius 2 is 1.91 bits per heavy atom. The maximum absolute atomic E-state index is 13.6. The molecule has 9 heteroatoms. The van der Waals surface area contributed by atoms with Crippen molar-refractivity contribution in [3.8, 4) is 0 Å². The van der Waals surface area contributed by atoms with Crippen LogP contribution in [0.25, 0.3) is 6.08 Å². The molecule has 2 amide bonds. The van der Waals surface area contributed by atoms with Crippen molar-refractivity contribution in [1.29, 1.82) is 0 Å². The monoisotopic (exact) mass is 485 g/mol. The maximum Gasteiger partial charge on any atom is 0.246 e. The van der Waals surface area contributed by atoms with Crippen LogP contribution >= 0.6 is 23.2 Å². The average molecular weight is 486 g/mol. The minimum Gasteiger partial charge on any atom is -0.390 e. The summed E-state index contributed by atoms with van der Waals surface area (Å²) in [6, 6.07) is 5.16. The van der Waals surface area contributed by atoms with Crippen molar-refractivity contribution in [2.24, 2.45) is 0 Å². The topological polar surface area (TPSA) is 64.1 Å². The minimum atomic E-state index is -1.18. The molecule has 2 saturated heterocycles. The molecule has 0 aromatic heterocycles. The molecule has 2 aliphatic rings. The molecule has 176 valence electrons. The number of hydrogen-bond donors (Lipinski definition) is 1. The average Bonchev–Trinajstić information content (AvgIpc) is 2.96. The molecule has 3 rings (SSSR count). The molecule has 0 aliphatic carbocycles. The number of aliphatic hydroxyl groups excluding tert-OH is 1. The highest BCUT2D eigenvalue weighted by Crippen LogP contribution is 2.23. The van der Waals surface area contributed by atoms with Gasteiger partial charge in [0.05, 0.1) is 16.1 Å². The number of piperidine rings is 1. The van der Waals surface area contributed by atoms with Crippen LogP contribution in [-0.4, -0.2) is 89.7 Å². The summed E-state index contributed by atoms with van der Waals surface area (Å²) in [4.78, 5) is 30.6. The molecule has 2 aliphatic heterocycles. The smallest absolute Gasteiger partial charge is 0.246 e. The number of rotatable bonds is 7. The molecule has 0 spiro atoms. The van der Waals surface area contributed by atoms with E-state index in [1.807, 2.05) is 9.80 Å². The van der Waals surface area contributed by atoms with Crippen molar-refractivity contribution in [3.63, 3.8) is 0 Å². The minimum absolute atomic E-state index is 0.0543. The standard InChI is InChI=1S/C23H30Cl2FN3O3/c24-18-5-3-17(15-19(18)25)4-6-22(31)29-12-8-23(32)28(13-14-29)10-2-1-9-27-11-7-21(30)20(26)16-27/h3-6,15,20-21,30H,1-2,7-14,16H2/b6-4+/t20-,21+/m0/s1. The van der Waals surface area contributed by atoms with Crippen LogP contribution in [0, 0.1) is 0 Å². The Morgan fingerprint density at radius 3 is 2.66 bits per heavy atom. The van der Waals surface area contributed by atoms with Gasteiger partial charge in [-0.15, -0.1) is 0 Å². The predicted molar refractivity (Wildman–Crippen MR) is 124 cm³/mol. The highest BCUT2D eigenvalue weighted by molar-refractivity contribution is 6.42. The van der Waals surface area contributed by atoms with E-state index >= 15 is 0 Å². The lowest BCUT2D eigenvalue weighted by Crippen LogP contribution is -2.44. The second-order valence-corrected chi connectivity index (χ2v) is 9.16. The lowest BCUT2D eigenvalue weighted by Gasteiger charge is -2.32. The summed E-state index contributed by atoms with van der Waals surface area (Å²) in [7, 11) is 0. The Balaban J connectivity index is 1.41. The van der Waals surface area contributed by atoms with E-state index in [1.165, 1.54) is 6.08 Å². The molecule has 32 heavy (non-hydrogen) atoms. The van der Waals surface area contributed by atoms with Gasteiger partial charge < -0.3 is 19.8 Å². The lowest BCUT2D eigenvalue weighted by molar-refractivity contribution is -0.130. The highest BCUT2D eigenvalue weighted by Gasteiger charge is 2.27. The first-order valence-corrected chi connectivity index (χ1v) is 11.8. The summed E-state index contributed by atoms with van der Waals surface area (Å²) < 4.78 is 13.6. The third kappa shape index (κ3) is 7.17. The van der Waals surface area contributed by atoms with E-state index in [4.69, 9.17) is 23.2 Å². The Morgan fingerprint density at radius 1 is 1.12 bits per heavy atom. The number of aliphatic hydroxyl groups is 1. The van der Waals surface area contributed by atoms with Crippen LogP contribution in [0.15, 0.2) is 24.3 Å². The van der Waals surface area contributed by atoms with E-state index in [2.05, 4.69) is 0 Å². The number of carbonyl (C=O) groups is 2. The van der Waals surface area contributed by atoms with Gasteiger partial charge in [-0.2, -0.15) is 0 Å². The molecule has 1 N–H and O–H groups in total. The first-order chi connectivity index (χ1) is 15.3. The van der Waals surface area contributed by atoms with Gasteiger partial charge in [0.2, 0.25) is 11.8 Å². The van der Waals surface area contributed by atoms with Crippen LogP contribution < -0.4 is 0 Å². The van der Waals surface area contributed by atoms with Crippen LogP contribution in [0.4, 0.5) is 4.39 Å². The molecule has 1 aromatic rings. The zero-order valence-electron chi connectivity index (χ0n) is 18.1. The number of alkyl halides is 1. The van der Waals surface area contributed by atoms with Crippen LogP contribution in [0.3, 0.4) is 0 Å². The predicted octanol–water partition coefficient (Wildman–Crippen LogP) is 3.25. The van der Waals surface area contributed by atoms with Gasteiger partial charge in [0.25, 0.3) is 0 Å². The largest absolute Gasteiger partial charge is 0.390 e.